The summed E-state index contributed by atoms with van der Waals surface area (Å²) in [6.07, 6.45) is 0. The second-order valence-corrected chi connectivity index (χ2v) is 6.51. The number of benzene rings is 2. The Kier molecular flexibility index (Phi) is 5.92. The van der Waals surface area contributed by atoms with Gasteiger partial charge in [0.2, 0.25) is 11.1 Å². The fourth-order valence-electron chi connectivity index (χ4n) is 2.45. The summed E-state index contributed by atoms with van der Waals surface area (Å²) < 4.78 is 12.1. The van der Waals surface area contributed by atoms with E-state index in [0.29, 0.717) is 22.3 Å². The fourth-order valence-corrected chi connectivity index (χ4v) is 3.13. The zero-order chi connectivity index (χ0) is 19.2. The molecule has 1 heterocycles. The number of rotatable bonds is 7. The number of ether oxygens (including phenoxy) is 2. The number of anilines is 1. The molecule has 27 heavy (non-hydrogen) atoms. The highest BCUT2D eigenvalue weighted by Crippen LogP contribution is 2.29. The van der Waals surface area contributed by atoms with Gasteiger partial charge >= 0.3 is 0 Å². The van der Waals surface area contributed by atoms with Crippen molar-refractivity contribution in [3.05, 3.63) is 48.0 Å². The number of para-hydroxylation sites is 1. The van der Waals surface area contributed by atoms with E-state index in [9.17, 15) is 4.79 Å². The van der Waals surface area contributed by atoms with Gasteiger partial charge < -0.3 is 14.8 Å². The molecule has 1 aromatic heterocycles. The van der Waals surface area contributed by atoms with Crippen LogP contribution in [-0.2, 0) is 4.79 Å². The minimum absolute atomic E-state index is 0.145. The van der Waals surface area contributed by atoms with Crippen LogP contribution in [0.4, 0.5) is 5.69 Å². The van der Waals surface area contributed by atoms with Crippen LogP contribution in [0.5, 0.6) is 11.5 Å². The first kappa shape index (κ1) is 18.7. The normalized spacial score (nSPS) is 10.5. The molecule has 0 aliphatic carbocycles. The molecule has 0 aliphatic heterocycles. The molecule has 0 fully saturated rings. The maximum atomic E-state index is 12.4. The molecule has 0 atom stereocenters. The summed E-state index contributed by atoms with van der Waals surface area (Å²) in [5.41, 5.74) is 2.46. The molecule has 9 heteroatoms. The number of carbonyl (C=O) groups excluding carboxylic acids is 1. The first-order valence-corrected chi connectivity index (χ1v) is 9.10. The van der Waals surface area contributed by atoms with E-state index in [1.54, 1.807) is 37.1 Å². The number of carbonyl (C=O) groups is 1. The first-order chi connectivity index (χ1) is 13.1. The Morgan fingerprint density at radius 2 is 2.00 bits per heavy atom. The third kappa shape index (κ3) is 4.37. The van der Waals surface area contributed by atoms with Gasteiger partial charge in [0.05, 0.1) is 31.3 Å². The molecule has 8 nitrogen and oxygen atoms in total. The summed E-state index contributed by atoms with van der Waals surface area (Å²) in [6.45, 7) is 1.98. The summed E-state index contributed by atoms with van der Waals surface area (Å²) >= 11 is 1.25. The lowest BCUT2D eigenvalue weighted by Gasteiger charge is -2.11. The second-order valence-electron chi connectivity index (χ2n) is 5.56. The summed E-state index contributed by atoms with van der Waals surface area (Å²) in [4.78, 5) is 12.4. The molecule has 3 aromatic rings. The minimum Gasteiger partial charge on any atom is -0.497 e. The first-order valence-electron chi connectivity index (χ1n) is 8.11. The predicted octanol–water partition coefficient (Wildman–Crippen LogP) is 2.72. The predicted molar refractivity (Wildman–Crippen MR) is 103 cm³/mol. The number of nitrogens with zero attached hydrogens (tertiary/aromatic N) is 4. The van der Waals surface area contributed by atoms with E-state index in [2.05, 4.69) is 20.8 Å². The third-order valence-electron chi connectivity index (χ3n) is 3.80. The average Bonchev–Trinajstić information content (AvgIpc) is 3.15. The van der Waals surface area contributed by atoms with Gasteiger partial charge in [-0.3, -0.25) is 4.79 Å². The van der Waals surface area contributed by atoms with Crippen LogP contribution in [-0.4, -0.2) is 46.1 Å². The highest BCUT2D eigenvalue weighted by molar-refractivity contribution is 7.99. The molecule has 0 saturated carbocycles. The van der Waals surface area contributed by atoms with E-state index in [-0.39, 0.29) is 11.7 Å². The molecule has 0 saturated heterocycles. The Morgan fingerprint density at radius 1 is 1.19 bits per heavy atom. The number of aromatic nitrogens is 4. The number of tetrazole rings is 1. The van der Waals surface area contributed by atoms with Crippen molar-refractivity contribution in [1.82, 2.24) is 20.2 Å². The Bertz CT molecular complexity index is 944. The largest absolute Gasteiger partial charge is 0.497 e. The molecule has 2 aromatic carbocycles. The zero-order valence-electron chi connectivity index (χ0n) is 15.2. The molecule has 140 valence electrons. The van der Waals surface area contributed by atoms with Crippen molar-refractivity contribution in [1.29, 1.82) is 0 Å². The van der Waals surface area contributed by atoms with Gasteiger partial charge in [0, 0.05) is 6.07 Å². The van der Waals surface area contributed by atoms with Crippen LogP contribution in [0, 0.1) is 6.92 Å². The van der Waals surface area contributed by atoms with E-state index in [1.807, 2.05) is 31.2 Å². The highest BCUT2D eigenvalue weighted by Gasteiger charge is 2.14. The maximum absolute atomic E-state index is 12.4. The highest BCUT2D eigenvalue weighted by atomic mass is 32.2. The standard InChI is InChI=1S/C18H19N5O3S/c1-12-6-4-5-7-15(12)23-18(20-21-22-23)27-11-17(24)19-14-10-13(25-2)8-9-16(14)26-3/h4-10H,11H2,1-3H3,(H,19,24). The number of thioether (sulfide) groups is 1. The second kappa shape index (κ2) is 8.54. The molecule has 0 radical (unpaired) electrons. The maximum Gasteiger partial charge on any atom is 0.234 e. The Labute approximate surface area is 160 Å². The van der Waals surface area contributed by atoms with Gasteiger partial charge in [-0.1, -0.05) is 30.0 Å². The molecular formula is C18H19N5O3S. The fraction of sp³-hybridized carbons (Fsp3) is 0.222. The monoisotopic (exact) mass is 385 g/mol. The number of amides is 1. The number of hydrogen-bond donors (Lipinski definition) is 1. The van der Waals surface area contributed by atoms with Gasteiger partial charge in [0.1, 0.15) is 11.5 Å². The lowest BCUT2D eigenvalue weighted by Crippen LogP contribution is -2.15. The number of aryl methyl sites for hydroxylation is 1. The van der Waals surface area contributed by atoms with Crippen LogP contribution in [0.2, 0.25) is 0 Å². The van der Waals surface area contributed by atoms with E-state index in [4.69, 9.17) is 9.47 Å². The van der Waals surface area contributed by atoms with Gasteiger partial charge in [0.15, 0.2) is 0 Å². The van der Waals surface area contributed by atoms with Crippen LogP contribution in [0.1, 0.15) is 5.56 Å². The van der Waals surface area contributed by atoms with Crippen LogP contribution in [0.15, 0.2) is 47.6 Å². The molecule has 0 bridgehead atoms. The Balaban J connectivity index is 1.69. The number of hydrogen-bond acceptors (Lipinski definition) is 7. The number of nitrogens with one attached hydrogen (secondary N) is 1. The van der Waals surface area contributed by atoms with Crippen molar-refractivity contribution in [2.24, 2.45) is 0 Å². The molecule has 1 N–H and O–H groups in total. The summed E-state index contributed by atoms with van der Waals surface area (Å²) in [7, 11) is 3.11. The van der Waals surface area contributed by atoms with Crippen LogP contribution >= 0.6 is 11.8 Å². The van der Waals surface area contributed by atoms with Crippen molar-refractivity contribution < 1.29 is 14.3 Å². The topological polar surface area (TPSA) is 91.2 Å². The van der Waals surface area contributed by atoms with E-state index in [1.165, 1.54) is 11.8 Å². The van der Waals surface area contributed by atoms with Crippen LogP contribution in [0.3, 0.4) is 0 Å². The van der Waals surface area contributed by atoms with Crippen molar-refractivity contribution >= 4 is 23.4 Å². The smallest absolute Gasteiger partial charge is 0.234 e. The number of methoxy groups -OCH3 is 2. The van der Waals surface area contributed by atoms with Gasteiger partial charge in [-0.2, -0.15) is 4.68 Å². The van der Waals surface area contributed by atoms with Crippen molar-refractivity contribution in [2.45, 2.75) is 12.1 Å². The average molecular weight is 385 g/mol. The molecule has 0 spiro atoms. The van der Waals surface area contributed by atoms with Gasteiger partial charge in [-0.05, 0) is 41.1 Å². The SMILES string of the molecule is COc1ccc(OC)c(NC(=O)CSc2nnnn2-c2ccccc2C)c1. The summed E-state index contributed by atoms with van der Waals surface area (Å²) in [5, 5.41) is 15.1. The van der Waals surface area contributed by atoms with Gasteiger partial charge in [0.25, 0.3) is 0 Å². The quantitative estimate of drug-likeness (QED) is 0.625. The van der Waals surface area contributed by atoms with E-state index >= 15 is 0 Å². The Morgan fingerprint density at radius 3 is 2.74 bits per heavy atom. The van der Waals surface area contributed by atoms with E-state index in [0.717, 1.165) is 11.3 Å². The summed E-state index contributed by atoms with van der Waals surface area (Å²) in [6, 6.07) is 13.0. The molecule has 0 aliphatic rings. The van der Waals surface area contributed by atoms with Crippen LogP contribution in [0.25, 0.3) is 5.69 Å². The zero-order valence-corrected chi connectivity index (χ0v) is 16.0. The van der Waals surface area contributed by atoms with Gasteiger partial charge in [-0.15, -0.1) is 5.10 Å². The third-order valence-corrected chi connectivity index (χ3v) is 4.72. The minimum atomic E-state index is -0.203. The van der Waals surface area contributed by atoms with Gasteiger partial charge in [-0.25, -0.2) is 0 Å². The Hall–Kier alpha value is -3.07. The summed E-state index contributed by atoms with van der Waals surface area (Å²) in [5.74, 6) is 1.12. The molecule has 1 amide bonds. The van der Waals surface area contributed by atoms with E-state index < -0.39 is 0 Å². The molecule has 0 unspecified atom stereocenters. The van der Waals surface area contributed by atoms with Crippen molar-refractivity contribution in [3.8, 4) is 17.2 Å². The van der Waals surface area contributed by atoms with Crippen molar-refractivity contribution in [3.63, 3.8) is 0 Å². The van der Waals surface area contributed by atoms with Crippen LogP contribution < -0.4 is 14.8 Å². The molecular weight excluding hydrogens is 366 g/mol. The lowest BCUT2D eigenvalue weighted by atomic mass is 10.2. The van der Waals surface area contributed by atoms with Crippen molar-refractivity contribution in [2.75, 3.05) is 25.3 Å². The lowest BCUT2D eigenvalue weighted by molar-refractivity contribution is -0.113. The molecule has 3 rings (SSSR count).